The molecule has 0 aromatic heterocycles. The highest BCUT2D eigenvalue weighted by molar-refractivity contribution is 7.90. The van der Waals surface area contributed by atoms with Crippen molar-refractivity contribution >= 4 is 18.1 Å². The molecule has 1 aliphatic rings. The third kappa shape index (κ3) is 2.95. The largest absolute Gasteiger partial charge is 0.228 e. The predicted molar refractivity (Wildman–Crippen MR) is 80.7 cm³/mol. The van der Waals surface area contributed by atoms with E-state index in [2.05, 4.69) is 32.6 Å². The molecule has 3 nitrogen and oxygen atoms in total. The molecule has 0 aliphatic heterocycles. The second kappa shape index (κ2) is 5.31. The van der Waals surface area contributed by atoms with E-state index in [0.717, 1.165) is 19.3 Å². The van der Waals surface area contributed by atoms with Crippen LogP contribution in [0.3, 0.4) is 0 Å². The van der Waals surface area contributed by atoms with Crippen molar-refractivity contribution in [3.8, 4) is 0 Å². The maximum atomic E-state index is 11.9. The monoisotopic (exact) mass is 287 g/mol. The molecule has 2 atom stereocenters. The summed E-state index contributed by atoms with van der Waals surface area (Å²) >= 11 is 0. The average molecular weight is 288 g/mol. The molecule has 0 radical (unpaired) electrons. The van der Waals surface area contributed by atoms with Crippen LogP contribution in [0.15, 0.2) is 24.3 Å². The fourth-order valence-corrected chi connectivity index (χ4v) is 7.93. The quantitative estimate of drug-likeness (QED) is 0.790. The zero-order valence-electron chi connectivity index (χ0n) is 11.8. The number of hydrogen-bond acceptors (Lipinski definition) is 2. The van der Waals surface area contributed by atoms with Crippen LogP contribution in [0.2, 0.25) is 24.7 Å². The van der Waals surface area contributed by atoms with Crippen LogP contribution in [-0.2, 0) is 10.0 Å². The van der Waals surface area contributed by atoms with Crippen molar-refractivity contribution in [1.29, 1.82) is 0 Å². The van der Waals surface area contributed by atoms with Gasteiger partial charge in [0, 0.05) is 5.04 Å². The Morgan fingerprint density at radius 3 is 2.33 bits per heavy atom. The number of allylic oxidation sites excluding steroid dienone is 3. The summed E-state index contributed by atoms with van der Waals surface area (Å²) in [6, 6.07) is 0. The van der Waals surface area contributed by atoms with Gasteiger partial charge in [-0.05, 0) is 6.42 Å². The van der Waals surface area contributed by atoms with Crippen molar-refractivity contribution < 1.29 is 8.42 Å². The molecular weight excluding hydrogens is 262 g/mol. The molecule has 2 unspecified atom stereocenters. The van der Waals surface area contributed by atoms with Crippen LogP contribution < -0.4 is 5.14 Å². The SMILES string of the molecule is CCCCC1([Si](C)(C)C)C=CC=CC1S(N)(=O)=O. The van der Waals surface area contributed by atoms with Crippen LogP contribution in [0.4, 0.5) is 0 Å². The fraction of sp³-hybridized carbons (Fsp3) is 0.692. The van der Waals surface area contributed by atoms with Gasteiger partial charge in [-0.1, -0.05) is 63.7 Å². The van der Waals surface area contributed by atoms with Gasteiger partial charge in [-0.25, -0.2) is 13.6 Å². The third-order valence-corrected chi connectivity index (χ3v) is 9.01. The molecule has 1 rings (SSSR count). The summed E-state index contributed by atoms with van der Waals surface area (Å²) in [5.41, 5.74) is 0. The smallest absolute Gasteiger partial charge is 0.216 e. The zero-order chi connectivity index (χ0) is 14.0. The van der Waals surface area contributed by atoms with E-state index in [9.17, 15) is 8.42 Å². The van der Waals surface area contributed by atoms with E-state index < -0.39 is 23.3 Å². The molecule has 0 spiro atoms. The molecule has 0 amide bonds. The molecule has 0 saturated carbocycles. The van der Waals surface area contributed by atoms with Crippen molar-refractivity contribution in [2.45, 2.75) is 56.1 Å². The lowest BCUT2D eigenvalue weighted by atomic mass is 9.93. The molecule has 0 fully saturated rings. The lowest BCUT2D eigenvalue weighted by Gasteiger charge is -2.46. The Hall–Kier alpha value is -0.393. The molecule has 0 heterocycles. The number of sulfonamides is 1. The van der Waals surface area contributed by atoms with E-state index in [-0.39, 0.29) is 5.04 Å². The molecule has 0 saturated heterocycles. The molecule has 0 aromatic rings. The highest BCUT2D eigenvalue weighted by Gasteiger charge is 2.50. The molecule has 2 N–H and O–H groups in total. The summed E-state index contributed by atoms with van der Waals surface area (Å²) in [6.45, 7) is 8.81. The molecule has 0 aromatic carbocycles. The first kappa shape index (κ1) is 15.7. The molecular formula is C13H25NO2SSi. The van der Waals surface area contributed by atoms with Gasteiger partial charge in [0.05, 0.1) is 8.07 Å². The predicted octanol–water partition coefficient (Wildman–Crippen LogP) is 3.04. The van der Waals surface area contributed by atoms with Crippen LogP contribution in [0.5, 0.6) is 0 Å². The van der Waals surface area contributed by atoms with Gasteiger partial charge in [-0.15, -0.1) is 0 Å². The summed E-state index contributed by atoms with van der Waals surface area (Å²) in [6.07, 6.45) is 10.7. The Labute approximate surface area is 112 Å². The zero-order valence-corrected chi connectivity index (χ0v) is 13.6. The van der Waals surface area contributed by atoms with Crippen LogP contribution in [0, 0.1) is 0 Å². The van der Waals surface area contributed by atoms with E-state index >= 15 is 0 Å². The van der Waals surface area contributed by atoms with E-state index in [1.807, 2.05) is 6.08 Å². The second-order valence-electron chi connectivity index (χ2n) is 6.15. The van der Waals surface area contributed by atoms with Crippen LogP contribution in [-0.4, -0.2) is 21.7 Å². The van der Waals surface area contributed by atoms with Gasteiger partial charge in [-0.3, -0.25) is 0 Å². The van der Waals surface area contributed by atoms with Crippen LogP contribution in [0.1, 0.15) is 26.2 Å². The van der Waals surface area contributed by atoms with Crippen molar-refractivity contribution in [3.63, 3.8) is 0 Å². The summed E-state index contributed by atoms with van der Waals surface area (Å²) in [5, 5.41) is 4.63. The molecule has 18 heavy (non-hydrogen) atoms. The Kier molecular flexibility index (Phi) is 4.62. The first-order valence-electron chi connectivity index (χ1n) is 6.53. The van der Waals surface area contributed by atoms with E-state index in [4.69, 9.17) is 5.14 Å². The van der Waals surface area contributed by atoms with Gasteiger partial charge in [0.25, 0.3) is 0 Å². The number of primary sulfonamides is 1. The molecule has 5 heteroatoms. The minimum absolute atomic E-state index is 0.272. The van der Waals surface area contributed by atoms with E-state index in [0.29, 0.717) is 0 Å². The summed E-state index contributed by atoms with van der Waals surface area (Å²) in [4.78, 5) is 0. The Bertz CT molecular complexity index is 448. The van der Waals surface area contributed by atoms with Gasteiger partial charge in [0.1, 0.15) is 5.25 Å². The van der Waals surface area contributed by atoms with Crippen molar-refractivity contribution in [2.75, 3.05) is 0 Å². The lowest BCUT2D eigenvalue weighted by Crippen LogP contribution is -2.51. The number of nitrogens with two attached hydrogens (primary N) is 1. The standard InChI is InChI=1S/C13H25NO2SSi/c1-5-6-10-13(18(2,3)4)11-8-7-9-12(13)17(14,15)16/h7-9,11-12H,5-6,10H2,1-4H3,(H2,14,15,16). The first-order chi connectivity index (χ1) is 8.15. The molecule has 1 aliphatic carbocycles. The van der Waals surface area contributed by atoms with Crippen molar-refractivity contribution in [2.24, 2.45) is 5.14 Å². The molecule has 0 bridgehead atoms. The van der Waals surface area contributed by atoms with Gasteiger partial charge in [-0.2, -0.15) is 0 Å². The Morgan fingerprint density at radius 1 is 1.28 bits per heavy atom. The Morgan fingerprint density at radius 2 is 1.89 bits per heavy atom. The second-order valence-corrected chi connectivity index (χ2v) is 13.3. The summed E-state index contributed by atoms with van der Waals surface area (Å²) in [7, 11) is -5.26. The lowest BCUT2D eigenvalue weighted by molar-refractivity contribution is 0.527. The molecule has 104 valence electrons. The minimum atomic E-state index is -3.55. The van der Waals surface area contributed by atoms with E-state index in [1.54, 1.807) is 12.2 Å². The average Bonchev–Trinajstić information content (AvgIpc) is 2.24. The van der Waals surface area contributed by atoms with Crippen molar-refractivity contribution in [3.05, 3.63) is 24.3 Å². The normalized spacial score (nSPS) is 28.6. The maximum Gasteiger partial charge on any atom is 0.216 e. The van der Waals surface area contributed by atoms with Gasteiger partial charge < -0.3 is 0 Å². The van der Waals surface area contributed by atoms with Gasteiger partial charge >= 0.3 is 0 Å². The summed E-state index contributed by atoms with van der Waals surface area (Å²) in [5.74, 6) is 0. The third-order valence-electron chi connectivity index (χ3n) is 3.99. The highest BCUT2D eigenvalue weighted by atomic mass is 32.2. The number of rotatable bonds is 5. The number of hydrogen-bond donors (Lipinski definition) is 1. The van der Waals surface area contributed by atoms with Crippen LogP contribution >= 0.6 is 0 Å². The fourth-order valence-electron chi connectivity index (χ4n) is 2.81. The summed E-state index contributed by atoms with van der Waals surface area (Å²) < 4.78 is 23.9. The Balaban J connectivity index is 3.30. The maximum absolute atomic E-state index is 11.9. The van der Waals surface area contributed by atoms with E-state index in [1.165, 1.54) is 0 Å². The van der Waals surface area contributed by atoms with Gasteiger partial charge in [0.2, 0.25) is 10.0 Å². The topological polar surface area (TPSA) is 60.2 Å². The first-order valence-corrected chi connectivity index (χ1v) is 11.6. The van der Waals surface area contributed by atoms with Crippen LogP contribution in [0.25, 0.3) is 0 Å². The van der Waals surface area contributed by atoms with Crippen molar-refractivity contribution in [1.82, 2.24) is 0 Å². The minimum Gasteiger partial charge on any atom is -0.228 e. The van der Waals surface area contributed by atoms with Gasteiger partial charge in [0.15, 0.2) is 0 Å². The number of unbranched alkanes of at least 4 members (excludes halogenated alkanes) is 1. The highest BCUT2D eigenvalue weighted by Crippen LogP contribution is 2.51.